The second kappa shape index (κ2) is 3.62. The van der Waals surface area contributed by atoms with Crippen LogP contribution in [0, 0.1) is 0 Å². The smallest absolute Gasteiger partial charge is 0.122 e. The third-order valence-electron chi connectivity index (χ3n) is 2.69. The number of hydrogen-bond acceptors (Lipinski definition) is 2. The number of rotatable bonds is 2. The first kappa shape index (κ1) is 8.95. The van der Waals surface area contributed by atoms with Gasteiger partial charge in [0.05, 0.1) is 7.11 Å². The molecule has 0 heterocycles. The molecule has 0 radical (unpaired) electrons. The standard InChI is InChI=1S/C11H14OS/c1-12-11-5-3-2-4-10(11)8-6-9(13)7-8/h2-5,8-9,13H,6-7H2,1H3. The van der Waals surface area contributed by atoms with Gasteiger partial charge in [0.2, 0.25) is 0 Å². The number of thiol groups is 1. The molecule has 0 saturated heterocycles. The summed E-state index contributed by atoms with van der Waals surface area (Å²) in [6.45, 7) is 0. The first-order valence-corrected chi connectivity index (χ1v) is 5.14. The summed E-state index contributed by atoms with van der Waals surface area (Å²) in [5.41, 5.74) is 1.34. The molecule has 0 bridgehead atoms. The lowest BCUT2D eigenvalue weighted by Gasteiger charge is -2.33. The van der Waals surface area contributed by atoms with Crippen molar-refractivity contribution in [1.82, 2.24) is 0 Å². The molecule has 1 aliphatic carbocycles. The molecule has 0 unspecified atom stereocenters. The second-order valence-electron chi connectivity index (χ2n) is 3.56. The van der Waals surface area contributed by atoms with Gasteiger partial charge in [-0.05, 0) is 30.4 Å². The van der Waals surface area contributed by atoms with Crippen molar-refractivity contribution >= 4 is 12.6 Å². The number of hydrogen-bond donors (Lipinski definition) is 1. The lowest BCUT2D eigenvalue weighted by molar-refractivity contribution is 0.380. The lowest BCUT2D eigenvalue weighted by Crippen LogP contribution is -2.22. The molecule has 2 rings (SSSR count). The average Bonchev–Trinajstić information content (AvgIpc) is 2.13. The van der Waals surface area contributed by atoms with Crippen molar-refractivity contribution in [2.75, 3.05) is 7.11 Å². The van der Waals surface area contributed by atoms with Crippen molar-refractivity contribution in [2.24, 2.45) is 0 Å². The third kappa shape index (κ3) is 1.68. The molecule has 0 amide bonds. The molecule has 1 aromatic rings. The Morgan fingerprint density at radius 3 is 2.62 bits per heavy atom. The van der Waals surface area contributed by atoms with Crippen molar-refractivity contribution in [3.8, 4) is 5.75 Å². The van der Waals surface area contributed by atoms with Gasteiger partial charge in [0.1, 0.15) is 5.75 Å². The fourth-order valence-electron chi connectivity index (χ4n) is 1.85. The predicted octanol–water partition coefficient (Wildman–Crippen LogP) is 2.87. The second-order valence-corrected chi connectivity index (χ2v) is 4.29. The van der Waals surface area contributed by atoms with E-state index in [1.54, 1.807) is 7.11 Å². The Balaban J connectivity index is 2.19. The van der Waals surface area contributed by atoms with Crippen LogP contribution in [0.1, 0.15) is 24.3 Å². The lowest BCUT2D eigenvalue weighted by atomic mass is 9.79. The van der Waals surface area contributed by atoms with Crippen molar-refractivity contribution in [3.05, 3.63) is 29.8 Å². The van der Waals surface area contributed by atoms with Crippen LogP contribution in [0.3, 0.4) is 0 Å². The molecule has 70 valence electrons. The first-order chi connectivity index (χ1) is 6.31. The van der Waals surface area contributed by atoms with Crippen LogP contribution in [0.4, 0.5) is 0 Å². The van der Waals surface area contributed by atoms with Gasteiger partial charge in [-0.2, -0.15) is 12.6 Å². The summed E-state index contributed by atoms with van der Waals surface area (Å²) < 4.78 is 5.31. The highest BCUT2D eigenvalue weighted by molar-refractivity contribution is 7.81. The Hall–Kier alpha value is -0.630. The van der Waals surface area contributed by atoms with Crippen LogP contribution < -0.4 is 4.74 Å². The maximum absolute atomic E-state index is 5.31. The van der Waals surface area contributed by atoms with Crippen LogP contribution in [-0.4, -0.2) is 12.4 Å². The van der Waals surface area contributed by atoms with E-state index in [0.717, 1.165) is 5.75 Å². The van der Waals surface area contributed by atoms with E-state index in [1.807, 2.05) is 12.1 Å². The molecule has 0 aromatic heterocycles. The highest BCUT2D eigenvalue weighted by Crippen LogP contribution is 2.43. The Labute approximate surface area is 84.5 Å². The Kier molecular flexibility index (Phi) is 2.49. The maximum Gasteiger partial charge on any atom is 0.122 e. The molecule has 1 aliphatic rings. The topological polar surface area (TPSA) is 9.23 Å². The number of benzene rings is 1. The van der Waals surface area contributed by atoms with Crippen molar-refractivity contribution in [1.29, 1.82) is 0 Å². The number of ether oxygens (including phenoxy) is 1. The summed E-state index contributed by atoms with van der Waals surface area (Å²) in [6.07, 6.45) is 2.37. The first-order valence-electron chi connectivity index (χ1n) is 4.62. The molecule has 0 spiro atoms. The summed E-state index contributed by atoms with van der Waals surface area (Å²) >= 11 is 4.42. The van der Waals surface area contributed by atoms with Crippen molar-refractivity contribution < 1.29 is 4.74 Å². The van der Waals surface area contributed by atoms with Crippen LogP contribution in [0.25, 0.3) is 0 Å². The van der Waals surface area contributed by atoms with Crippen LogP contribution in [0.15, 0.2) is 24.3 Å². The number of para-hydroxylation sites is 1. The van der Waals surface area contributed by atoms with E-state index in [2.05, 4.69) is 24.8 Å². The van der Waals surface area contributed by atoms with E-state index in [-0.39, 0.29) is 0 Å². The van der Waals surface area contributed by atoms with Gasteiger partial charge in [-0.1, -0.05) is 18.2 Å². The van der Waals surface area contributed by atoms with Gasteiger partial charge >= 0.3 is 0 Å². The van der Waals surface area contributed by atoms with Gasteiger partial charge in [0.15, 0.2) is 0 Å². The predicted molar refractivity (Wildman–Crippen MR) is 57.7 cm³/mol. The largest absolute Gasteiger partial charge is 0.496 e. The Bertz CT molecular complexity index is 292. The van der Waals surface area contributed by atoms with E-state index in [9.17, 15) is 0 Å². The van der Waals surface area contributed by atoms with Crippen molar-refractivity contribution in [3.63, 3.8) is 0 Å². The van der Waals surface area contributed by atoms with Crippen LogP contribution in [0.2, 0.25) is 0 Å². The highest BCUT2D eigenvalue weighted by Gasteiger charge is 2.29. The van der Waals surface area contributed by atoms with Gasteiger partial charge in [0.25, 0.3) is 0 Å². The minimum Gasteiger partial charge on any atom is -0.496 e. The zero-order valence-corrected chi connectivity index (χ0v) is 8.63. The van der Waals surface area contributed by atoms with E-state index < -0.39 is 0 Å². The molecule has 1 nitrogen and oxygen atoms in total. The number of methoxy groups -OCH3 is 1. The highest BCUT2D eigenvalue weighted by atomic mass is 32.1. The molecular weight excluding hydrogens is 180 g/mol. The SMILES string of the molecule is COc1ccccc1C1CC(S)C1. The van der Waals surface area contributed by atoms with E-state index >= 15 is 0 Å². The molecule has 0 N–H and O–H groups in total. The summed E-state index contributed by atoms with van der Waals surface area (Å²) in [7, 11) is 1.73. The van der Waals surface area contributed by atoms with Gasteiger partial charge in [0, 0.05) is 5.25 Å². The van der Waals surface area contributed by atoms with E-state index in [4.69, 9.17) is 4.74 Å². The van der Waals surface area contributed by atoms with Gasteiger partial charge in [-0.3, -0.25) is 0 Å². The summed E-state index contributed by atoms with van der Waals surface area (Å²) in [4.78, 5) is 0. The molecule has 13 heavy (non-hydrogen) atoms. The molecule has 0 atom stereocenters. The summed E-state index contributed by atoms with van der Waals surface area (Å²) in [5, 5.41) is 0.593. The van der Waals surface area contributed by atoms with E-state index in [1.165, 1.54) is 18.4 Å². The molecule has 0 aliphatic heterocycles. The normalized spacial score (nSPS) is 26.6. The summed E-state index contributed by atoms with van der Waals surface area (Å²) in [5.74, 6) is 1.69. The minimum atomic E-state index is 0.593. The zero-order valence-electron chi connectivity index (χ0n) is 7.73. The molecular formula is C11H14OS. The van der Waals surface area contributed by atoms with Gasteiger partial charge in [-0.15, -0.1) is 0 Å². The average molecular weight is 194 g/mol. The van der Waals surface area contributed by atoms with Crippen LogP contribution in [0.5, 0.6) is 5.75 Å². The maximum atomic E-state index is 5.31. The van der Waals surface area contributed by atoms with E-state index in [0.29, 0.717) is 11.2 Å². The van der Waals surface area contributed by atoms with Crippen LogP contribution in [-0.2, 0) is 0 Å². The van der Waals surface area contributed by atoms with Crippen LogP contribution >= 0.6 is 12.6 Å². The summed E-state index contributed by atoms with van der Waals surface area (Å²) in [6, 6.07) is 8.27. The van der Waals surface area contributed by atoms with Gasteiger partial charge < -0.3 is 4.74 Å². The van der Waals surface area contributed by atoms with Crippen molar-refractivity contribution in [2.45, 2.75) is 24.0 Å². The van der Waals surface area contributed by atoms with Gasteiger partial charge in [-0.25, -0.2) is 0 Å². The molecule has 2 heteroatoms. The monoisotopic (exact) mass is 194 g/mol. The third-order valence-corrected chi connectivity index (χ3v) is 3.11. The fraction of sp³-hybridized carbons (Fsp3) is 0.455. The molecule has 1 fully saturated rings. The minimum absolute atomic E-state index is 0.593. The Morgan fingerprint density at radius 2 is 2.00 bits per heavy atom. The zero-order chi connectivity index (χ0) is 9.26. The fourth-order valence-corrected chi connectivity index (χ4v) is 2.35. The quantitative estimate of drug-likeness (QED) is 0.712. The molecule has 1 saturated carbocycles. The molecule has 1 aromatic carbocycles. The Morgan fingerprint density at radius 1 is 1.31 bits per heavy atom.